The maximum Gasteiger partial charge on any atom is 0.346 e. The molecule has 0 fully saturated rings. The van der Waals surface area contributed by atoms with E-state index >= 15 is 0 Å². The summed E-state index contributed by atoms with van der Waals surface area (Å²) in [6.07, 6.45) is -1.03. The number of ether oxygens (including phenoxy) is 3. The van der Waals surface area contributed by atoms with Crippen LogP contribution in [0.25, 0.3) is 0 Å². The number of aliphatic hydroxyl groups is 2. The second-order valence-electron chi connectivity index (χ2n) is 7.54. The predicted octanol–water partition coefficient (Wildman–Crippen LogP) is 3.37. The largest absolute Gasteiger partial charge is 0.504 e. The topological polar surface area (TPSA) is 105 Å². The molecule has 0 saturated heterocycles. The Morgan fingerprint density at radius 3 is 2.64 bits per heavy atom. The number of methoxy groups -OCH3 is 1. The minimum Gasteiger partial charge on any atom is -0.504 e. The molecule has 150 valence electrons. The summed E-state index contributed by atoms with van der Waals surface area (Å²) in [6.45, 7) is 4.89. The first-order chi connectivity index (χ1) is 13.1. The van der Waals surface area contributed by atoms with Crippen molar-refractivity contribution in [2.45, 2.75) is 45.5 Å². The van der Waals surface area contributed by atoms with Gasteiger partial charge >= 0.3 is 5.97 Å². The van der Waals surface area contributed by atoms with Crippen LogP contribution in [-0.4, -0.2) is 34.0 Å². The molecule has 0 unspecified atom stereocenters. The van der Waals surface area contributed by atoms with Crippen LogP contribution in [0.3, 0.4) is 0 Å². The Kier molecular flexibility index (Phi) is 5.23. The summed E-state index contributed by atoms with van der Waals surface area (Å²) in [6, 6.07) is 6.40. The van der Waals surface area contributed by atoms with Gasteiger partial charge in [0.15, 0.2) is 11.5 Å². The van der Waals surface area contributed by atoms with Gasteiger partial charge in [-0.1, -0.05) is 0 Å². The van der Waals surface area contributed by atoms with Gasteiger partial charge in [0, 0.05) is 17.5 Å². The van der Waals surface area contributed by atoms with Gasteiger partial charge in [0.05, 0.1) is 18.8 Å². The normalized spacial score (nSPS) is 14.7. The Bertz CT molecular complexity index is 912. The van der Waals surface area contributed by atoms with Gasteiger partial charge in [-0.2, -0.15) is 0 Å². The number of esters is 1. The summed E-state index contributed by atoms with van der Waals surface area (Å²) in [4.78, 5) is 12.7. The van der Waals surface area contributed by atoms with Gasteiger partial charge in [-0.05, 0) is 50.6 Å². The lowest BCUT2D eigenvalue weighted by atomic mass is 9.94. The quantitative estimate of drug-likeness (QED) is 0.690. The van der Waals surface area contributed by atoms with Gasteiger partial charge < -0.3 is 29.5 Å². The molecule has 2 aromatic carbocycles. The number of rotatable bonds is 4. The van der Waals surface area contributed by atoms with E-state index in [1.54, 1.807) is 32.0 Å². The third-order valence-corrected chi connectivity index (χ3v) is 4.47. The molecular weight excluding hydrogens is 364 g/mol. The van der Waals surface area contributed by atoms with Crippen LogP contribution in [0.1, 0.15) is 53.4 Å². The molecule has 2 aromatic rings. The molecule has 1 atom stereocenters. The monoisotopic (exact) mass is 388 g/mol. The summed E-state index contributed by atoms with van der Waals surface area (Å²) in [5.41, 5.74) is 0.577. The fraction of sp³-hybridized carbons (Fsp3) is 0.381. The van der Waals surface area contributed by atoms with Gasteiger partial charge in [-0.25, -0.2) is 4.79 Å². The molecule has 0 saturated carbocycles. The number of hydrogen-bond donors (Lipinski definition) is 3. The van der Waals surface area contributed by atoms with Gasteiger partial charge in [-0.15, -0.1) is 0 Å². The van der Waals surface area contributed by atoms with E-state index in [1.807, 2.05) is 6.92 Å². The molecule has 1 aliphatic rings. The maximum absolute atomic E-state index is 12.7. The second-order valence-corrected chi connectivity index (χ2v) is 7.54. The zero-order valence-corrected chi connectivity index (χ0v) is 16.3. The highest BCUT2D eigenvalue weighted by atomic mass is 16.5. The highest BCUT2D eigenvalue weighted by Crippen LogP contribution is 2.44. The lowest BCUT2D eigenvalue weighted by Crippen LogP contribution is -2.23. The van der Waals surface area contributed by atoms with E-state index in [0.29, 0.717) is 11.1 Å². The van der Waals surface area contributed by atoms with Crippen molar-refractivity contribution in [2.75, 3.05) is 7.11 Å². The van der Waals surface area contributed by atoms with E-state index in [0.717, 1.165) is 5.56 Å². The first kappa shape index (κ1) is 20.0. The predicted molar refractivity (Wildman–Crippen MR) is 101 cm³/mol. The Morgan fingerprint density at radius 2 is 2.00 bits per heavy atom. The maximum atomic E-state index is 12.7. The molecule has 0 amide bonds. The average molecular weight is 388 g/mol. The van der Waals surface area contributed by atoms with Crippen molar-refractivity contribution in [3.05, 3.63) is 46.5 Å². The molecule has 0 spiro atoms. The fourth-order valence-electron chi connectivity index (χ4n) is 3.30. The molecule has 28 heavy (non-hydrogen) atoms. The molecule has 0 aromatic heterocycles. The minimum atomic E-state index is -1.12. The van der Waals surface area contributed by atoms with Crippen molar-refractivity contribution in [3.63, 3.8) is 0 Å². The Balaban J connectivity index is 2.12. The number of fused-ring (bicyclic) bond motifs is 2. The van der Waals surface area contributed by atoms with E-state index in [-0.39, 0.29) is 41.6 Å². The Hall–Kier alpha value is -2.77. The summed E-state index contributed by atoms with van der Waals surface area (Å²) in [5, 5.41) is 30.8. The van der Waals surface area contributed by atoms with E-state index in [4.69, 9.17) is 14.2 Å². The fourth-order valence-corrected chi connectivity index (χ4v) is 3.30. The summed E-state index contributed by atoms with van der Waals surface area (Å²) in [7, 11) is 1.37. The van der Waals surface area contributed by atoms with Crippen molar-refractivity contribution in [1.29, 1.82) is 0 Å². The molecule has 1 heterocycles. The van der Waals surface area contributed by atoms with Gasteiger partial charge in [0.2, 0.25) is 0 Å². The molecular formula is C21H24O7. The molecule has 7 nitrogen and oxygen atoms in total. The van der Waals surface area contributed by atoms with Crippen molar-refractivity contribution in [1.82, 2.24) is 0 Å². The standard InChI is InChI=1S/C21H24O7/c1-11-7-12-10-27-20(24)17-16(28-18(12)14(22)8-11)6-5-13(19(17)26-4)15(23)9-21(2,3)25/h5-8,15,22-23,25H,9-10H2,1-4H3/t15-/m0/s1. The highest BCUT2D eigenvalue weighted by molar-refractivity contribution is 5.96. The van der Waals surface area contributed by atoms with Crippen LogP contribution in [0.5, 0.6) is 23.0 Å². The number of phenolic OH excluding ortho intramolecular Hbond substituents is 1. The second kappa shape index (κ2) is 7.33. The van der Waals surface area contributed by atoms with E-state index in [1.165, 1.54) is 13.2 Å². The van der Waals surface area contributed by atoms with Crippen LogP contribution in [0.4, 0.5) is 0 Å². The third kappa shape index (κ3) is 3.90. The average Bonchev–Trinajstić information content (AvgIpc) is 2.58. The van der Waals surface area contributed by atoms with Crippen LogP contribution in [0, 0.1) is 6.92 Å². The zero-order valence-electron chi connectivity index (χ0n) is 16.3. The lowest BCUT2D eigenvalue weighted by Gasteiger charge is -2.25. The number of aryl methyl sites for hydroxylation is 1. The number of cyclic esters (lactones) is 1. The molecule has 7 heteroatoms. The molecule has 3 N–H and O–H groups in total. The van der Waals surface area contributed by atoms with Gasteiger partial charge in [0.25, 0.3) is 0 Å². The summed E-state index contributed by atoms with van der Waals surface area (Å²) < 4.78 is 16.6. The molecule has 0 radical (unpaired) electrons. The Morgan fingerprint density at radius 1 is 1.29 bits per heavy atom. The lowest BCUT2D eigenvalue weighted by molar-refractivity contribution is 0.0171. The Labute approximate surface area is 163 Å². The van der Waals surface area contributed by atoms with E-state index in [9.17, 15) is 20.1 Å². The van der Waals surface area contributed by atoms with Crippen LogP contribution < -0.4 is 9.47 Å². The molecule has 0 bridgehead atoms. The van der Waals surface area contributed by atoms with Crippen molar-refractivity contribution in [2.24, 2.45) is 0 Å². The number of phenols is 1. The molecule has 1 aliphatic heterocycles. The number of aliphatic hydroxyl groups excluding tert-OH is 1. The van der Waals surface area contributed by atoms with Crippen LogP contribution in [0.15, 0.2) is 24.3 Å². The third-order valence-electron chi connectivity index (χ3n) is 4.47. The van der Waals surface area contributed by atoms with Crippen molar-refractivity contribution >= 4 is 5.97 Å². The number of benzene rings is 2. The first-order valence-corrected chi connectivity index (χ1v) is 8.89. The smallest absolute Gasteiger partial charge is 0.346 e. The summed E-state index contributed by atoms with van der Waals surface area (Å²) in [5.74, 6) is -0.290. The highest BCUT2D eigenvalue weighted by Gasteiger charge is 2.31. The number of carbonyl (C=O) groups excluding carboxylic acids is 1. The van der Waals surface area contributed by atoms with Crippen LogP contribution >= 0.6 is 0 Å². The van der Waals surface area contributed by atoms with Crippen molar-refractivity contribution in [3.8, 4) is 23.0 Å². The zero-order chi connectivity index (χ0) is 20.6. The van der Waals surface area contributed by atoms with Crippen molar-refractivity contribution < 1.29 is 34.3 Å². The van der Waals surface area contributed by atoms with Crippen LogP contribution in [0.2, 0.25) is 0 Å². The van der Waals surface area contributed by atoms with E-state index < -0.39 is 17.7 Å². The van der Waals surface area contributed by atoms with E-state index in [2.05, 4.69) is 0 Å². The van der Waals surface area contributed by atoms with Crippen LogP contribution in [-0.2, 0) is 11.3 Å². The minimum absolute atomic E-state index is 0.0143. The SMILES string of the molecule is COc1c([C@@H](O)CC(C)(C)O)ccc2c1C(=O)OCc1cc(C)cc(O)c1O2. The number of hydrogen-bond acceptors (Lipinski definition) is 7. The van der Waals surface area contributed by atoms with Gasteiger partial charge in [-0.3, -0.25) is 0 Å². The first-order valence-electron chi connectivity index (χ1n) is 8.89. The van der Waals surface area contributed by atoms with Gasteiger partial charge in [0.1, 0.15) is 23.7 Å². The number of aromatic hydroxyl groups is 1. The summed E-state index contributed by atoms with van der Waals surface area (Å²) >= 11 is 0. The molecule has 0 aliphatic carbocycles. The molecule has 3 rings (SSSR count). The number of carbonyl (C=O) groups is 1.